The van der Waals surface area contributed by atoms with Gasteiger partial charge in [-0.05, 0) is 27.2 Å². The van der Waals surface area contributed by atoms with E-state index in [0.717, 1.165) is 5.69 Å². The first-order chi connectivity index (χ1) is 9.62. The fraction of sp³-hybridized carbons (Fsp3) is 0.714. The predicted octanol–water partition coefficient (Wildman–Crippen LogP) is 0.792. The number of likely N-dealkylation sites (tertiary alicyclic amines) is 1. The van der Waals surface area contributed by atoms with E-state index in [9.17, 15) is 9.90 Å². The lowest BCUT2D eigenvalue weighted by atomic mass is 9.92. The van der Waals surface area contributed by atoms with Crippen LogP contribution < -0.4 is 5.73 Å². The molecule has 2 unspecified atom stereocenters. The molecule has 118 valence electrons. The van der Waals surface area contributed by atoms with E-state index in [1.165, 1.54) is 4.90 Å². The van der Waals surface area contributed by atoms with Crippen molar-refractivity contribution in [1.29, 1.82) is 0 Å². The van der Waals surface area contributed by atoms with Crippen LogP contribution in [0.4, 0.5) is 4.79 Å². The Hall–Kier alpha value is -1.60. The van der Waals surface area contributed by atoms with Crippen LogP contribution in [0.3, 0.4) is 0 Å². The number of hydrogen-bond donors (Lipinski definition) is 2. The number of imidazole rings is 1. The smallest absolute Gasteiger partial charge is 0.410 e. The molecule has 2 atom stereocenters. The summed E-state index contributed by atoms with van der Waals surface area (Å²) < 4.78 is 7.10. The standard InChI is InChI=1S/C14H24N4O3/c1-13(2,3)21-12(19)18-6-5-14(20,8-18)11(15)10-7-16-9-17(10)4/h7,9,11,20H,5-6,8,15H2,1-4H3. The molecule has 21 heavy (non-hydrogen) atoms. The Labute approximate surface area is 124 Å². The van der Waals surface area contributed by atoms with Gasteiger partial charge in [0.2, 0.25) is 0 Å². The van der Waals surface area contributed by atoms with E-state index in [0.29, 0.717) is 13.0 Å². The predicted molar refractivity (Wildman–Crippen MR) is 77.5 cm³/mol. The molecule has 1 aliphatic heterocycles. The summed E-state index contributed by atoms with van der Waals surface area (Å²) in [5.74, 6) is 0. The number of aromatic nitrogens is 2. The second-order valence-electron chi connectivity index (χ2n) is 6.66. The summed E-state index contributed by atoms with van der Waals surface area (Å²) in [7, 11) is 1.83. The summed E-state index contributed by atoms with van der Waals surface area (Å²) in [6.07, 6.45) is 3.27. The maximum absolute atomic E-state index is 12.1. The molecule has 0 spiro atoms. The number of aliphatic hydroxyl groups is 1. The van der Waals surface area contributed by atoms with Gasteiger partial charge in [-0.2, -0.15) is 0 Å². The molecule has 3 N–H and O–H groups in total. The Bertz CT molecular complexity index is 523. The van der Waals surface area contributed by atoms with Gasteiger partial charge in [-0.3, -0.25) is 0 Å². The van der Waals surface area contributed by atoms with Crippen molar-refractivity contribution < 1.29 is 14.6 Å². The zero-order chi connectivity index (χ0) is 15.8. The molecule has 1 aliphatic rings. The number of aryl methyl sites for hydroxylation is 1. The molecular weight excluding hydrogens is 272 g/mol. The van der Waals surface area contributed by atoms with Crippen LogP contribution in [0.5, 0.6) is 0 Å². The van der Waals surface area contributed by atoms with Crippen molar-refractivity contribution in [3.63, 3.8) is 0 Å². The summed E-state index contributed by atoms with van der Waals surface area (Å²) in [4.78, 5) is 17.6. The molecule has 7 heteroatoms. The maximum atomic E-state index is 12.1. The van der Waals surface area contributed by atoms with Crippen LogP contribution in [-0.4, -0.2) is 49.9 Å². The van der Waals surface area contributed by atoms with E-state index in [2.05, 4.69) is 4.98 Å². The molecule has 1 saturated heterocycles. The van der Waals surface area contributed by atoms with Crippen LogP contribution in [0.1, 0.15) is 38.9 Å². The van der Waals surface area contributed by atoms with Crippen molar-refractivity contribution >= 4 is 6.09 Å². The van der Waals surface area contributed by atoms with Gasteiger partial charge in [0, 0.05) is 19.8 Å². The summed E-state index contributed by atoms with van der Waals surface area (Å²) in [6.45, 7) is 6.03. The van der Waals surface area contributed by atoms with Crippen LogP contribution in [-0.2, 0) is 11.8 Å². The Morgan fingerprint density at radius 1 is 1.57 bits per heavy atom. The van der Waals surface area contributed by atoms with Crippen LogP contribution in [0, 0.1) is 0 Å². The molecule has 2 heterocycles. The molecule has 1 aromatic heterocycles. The van der Waals surface area contributed by atoms with Gasteiger partial charge in [0.05, 0.1) is 24.6 Å². The quantitative estimate of drug-likeness (QED) is 0.841. The van der Waals surface area contributed by atoms with Gasteiger partial charge < -0.3 is 25.0 Å². The van der Waals surface area contributed by atoms with Gasteiger partial charge in [0.25, 0.3) is 0 Å². The summed E-state index contributed by atoms with van der Waals surface area (Å²) in [5, 5.41) is 10.8. The molecule has 7 nitrogen and oxygen atoms in total. The van der Waals surface area contributed by atoms with Crippen molar-refractivity contribution in [2.45, 2.75) is 44.4 Å². The number of hydrogen-bond acceptors (Lipinski definition) is 5. The molecule has 0 radical (unpaired) electrons. The first-order valence-electron chi connectivity index (χ1n) is 7.04. The van der Waals surface area contributed by atoms with Gasteiger partial charge in [0.15, 0.2) is 0 Å². The molecule has 1 fully saturated rings. The van der Waals surface area contributed by atoms with E-state index in [1.54, 1.807) is 17.1 Å². The highest BCUT2D eigenvalue weighted by atomic mass is 16.6. The molecule has 1 amide bonds. The number of rotatable bonds is 2. The highest BCUT2D eigenvalue weighted by molar-refractivity contribution is 5.68. The lowest BCUT2D eigenvalue weighted by molar-refractivity contribution is 0.00402. The number of nitrogens with zero attached hydrogens (tertiary/aromatic N) is 3. The van der Waals surface area contributed by atoms with E-state index in [1.807, 2.05) is 27.8 Å². The van der Waals surface area contributed by atoms with Crippen molar-refractivity contribution in [3.8, 4) is 0 Å². The number of carbonyl (C=O) groups excluding carboxylic acids is 1. The third-order valence-corrected chi connectivity index (χ3v) is 3.68. The molecule has 0 aromatic carbocycles. The largest absolute Gasteiger partial charge is 0.444 e. The first-order valence-corrected chi connectivity index (χ1v) is 7.04. The average molecular weight is 296 g/mol. The Balaban J connectivity index is 2.07. The minimum Gasteiger partial charge on any atom is -0.444 e. The maximum Gasteiger partial charge on any atom is 0.410 e. The van der Waals surface area contributed by atoms with Crippen molar-refractivity contribution in [3.05, 3.63) is 18.2 Å². The number of β-amino-alcohol motifs (C(OH)–C–C–N with tert-alkyl or cyclic N) is 1. The molecule has 0 aliphatic carbocycles. The second kappa shape index (κ2) is 5.31. The van der Waals surface area contributed by atoms with Crippen LogP contribution in [0.25, 0.3) is 0 Å². The summed E-state index contributed by atoms with van der Waals surface area (Å²) >= 11 is 0. The molecular formula is C14H24N4O3. The van der Waals surface area contributed by atoms with Crippen LogP contribution in [0.15, 0.2) is 12.5 Å². The third-order valence-electron chi connectivity index (χ3n) is 3.68. The van der Waals surface area contributed by atoms with Gasteiger partial charge >= 0.3 is 6.09 Å². The topological polar surface area (TPSA) is 93.6 Å². The summed E-state index contributed by atoms with van der Waals surface area (Å²) in [5.41, 5.74) is 5.20. The summed E-state index contributed by atoms with van der Waals surface area (Å²) in [6, 6.07) is -0.600. The van der Waals surface area contributed by atoms with Gasteiger partial charge in [-0.15, -0.1) is 0 Å². The van der Waals surface area contributed by atoms with Crippen molar-refractivity contribution in [2.75, 3.05) is 13.1 Å². The molecule has 0 bridgehead atoms. The van der Waals surface area contributed by atoms with Gasteiger partial charge in [-0.1, -0.05) is 0 Å². The highest BCUT2D eigenvalue weighted by Crippen LogP contribution is 2.33. The minimum atomic E-state index is -1.16. The normalized spacial score (nSPS) is 24.2. The Morgan fingerprint density at radius 2 is 2.24 bits per heavy atom. The molecule has 0 saturated carbocycles. The van der Waals surface area contributed by atoms with Crippen molar-refractivity contribution in [2.24, 2.45) is 12.8 Å². The van der Waals surface area contributed by atoms with Crippen LogP contribution in [0.2, 0.25) is 0 Å². The SMILES string of the molecule is Cn1cncc1C(N)C1(O)CCN(C(=O)OC(C)(C)C)C1. The number of ether oxygens (including phenoxy) is 1. The lowest BCUT2D eigenvalue weighted by Crippen LogP contribution is -2.46. The van der Waals surface area contributed by atoms with Gasteiger partial charge in [0.1, 0.15) is 11.2 Å². The minimum absolute atomic E-state index is 0.161. The van der Waals surface area contributed by atoms with E-state index in [4.69, 9.17) is 10.5 Å². The Kier molecular flexibility index (Phi) is 3.99. The number of carbonyl (C=O) groups is 1. The highest BCUT2D eigenvalue weighted by Gasteiger charge is 2.45. The first kappa shape index (κ1) is 15.8. The number of amides is 1. The van der Waals surface area contributed by atoms with E-state index in [-0.39, 0.29) is 6.54 Å². The fourth-order valence-electron chi connectivity index (χ4n) is 2.50. The van der Waals surface area contributed by atoms with E-state index < -0.39 is 23.3 Å². The molecule has 1 aromatic rings. The second-order valence-corrected chi connectivity index (χ2v) is 6.66. The fourth-order valence-corrected chi connectivity index (χ4v) is 2.50. The average Bonchev–Trinajstić information content (AvgIpc) is 2.93. The number of nitrogens with two attached hydrogens (primary N) is 1. The molecule has 2 rings (SSSR count). The van der Waals surface area contributed by atoms with E-state index >= 15 is 0 Å². The van der Waals surface area contributed by atoms with Gasteiger partial charge in [-0.25, -0.2) is 9.78 Å². The zero-order valence-corrected chi connectivity index (χ0v) is 13.0. The monoisotopic (exact) mass is 296 g/mol. The lowest BCUT2D eigenvalue weighted by Gasteiger charge is -2.30. The van der Waals surface area contributed by atoms with Crippen LogP contribution >= 0.6 is 0 Å². The Morgan fingerprint density at radius 3 is 2.76 bits per heavy atom. The van der Waals surface area contributed by atoms with Crippen molar-refractivity contribution in [1.82, 2.24) is 14.5 Å². The third kappa shape index (κ3) is 3.36. The zero-order valence-electron chi connectivity index (χ0n) is 13.0.